The van der Waals surface area contributed by atoms with Crippen molar-refractivity contribution in [2.75, 3.05) is 5.75 Å². The van der Waals surface area contributed by atoms with Gasteiger partial charge in [-0.2, -0.15) is 5.10 Å². The molecule has 0 aliphatic heterocycles. The highest BCUT2D eigenvalue weighted by Gasteiger charge is 2.22. The molecule has 0 radical (unpaired) electrons. The van der Waals surface area contributed by atoms with E-state index in [-0.39, 0.29) is 5.41 Å². The molecule has 2 heterocycles. The third kappa shape index (κ3) is 3.60. The first-order valence-corrected chi connectivity index (χ1v) is 9.58. The van der Waals surface area contributed by atoms with Crippen molar-refractivity contribution in [2.24, 2.45) is 0 Å². The Morgan fingerprint density at radius 3 is 2.52 bits per heavy atom. The van der Waals surface area contributed by atoms with Crippen molar-refractivity contribution in [1.82, 2.24) is 14.6 Å². The van der Waals surface area contributed by atoms with Crippen LogP contribution < -0.4 is 0 Å². The first kappa shape index (κ1) is 18.0. The van der Waals surface area contributed by atoms with E-state index in [2.05, 4.69) is 33.4 Å². The third-order valence-corrected chi connectivity index (χ3v) is 5.22. The molecule has 1 aromatic carbocycles. The van der Waals surface area contributed by atoms with Crippen LogP contribution in [-0.4, -0.2) is 20.4 Å². The van der Waals surface area contributed by atoms with Gasteiger partial charge in [-0.25, -0.2) is 9.50 Å². The summed E-state index contributed by atoms with van der Waals surface area (Å²) >= 11 is 7.77. The largest absolute Gasteiger partial charge is 0.232 e. The zero-order valence-electron chi connectivity index (χ0n) is 15.0. The first-order chi connectivity index (χ1) is 11.8. The van der Waals surface area contributed by atoms with Gasteiger partial charge in [0.2, 0.25) is 0 Å². The zero-order valence-corrected chi connectivity index (χ0v) is 16.6. The van der Waals surface area contributed by atoms with Crippen LogP contribution >= 0.6 is 23.4 Å². The third-order valence-electron chi connectivity index (χ3n) is 3.98. The monoisotopic (exact) mass is 371 g/mol. The molecule has 5 heteroatoms. The Morgan fingerprint density at radius 2 is 1.92 bits per heavy atom. The number of rotatable bonds is 4. The molecule has 0 atom stereocenters. The molecule has 0 saturated carbocycles. The van der Waals surface area contributed by atoms with Gasteiger partial charge in [0.15, 0.2) is 5.65 Å². The van der Waals surface area contributed by atoms with E-state index in [1.807, 2.05) is 41.8 Å². The fourth-order valence-electron chi connectivity index (χ4n) is 2.68. The average molecular weight is 372 g/mol. The molecular formula is C20H22ClN3S. The van der Waals surface area contributed by atoms with Gasteiger partial charge in [0.05, 0.1) is 11.4 Å². The Balaban J connectivity index is 2.29. The number of halogens is 1. The van der Waals surface area contributed by atoms with Crippen LogP contribution in [-0.2, 0) is 5.41 Å². The number of benzene rings is 1. The smallest absolute Gasteiger partial charge is 0.164 e. The van der Waals surface area contributed by atoms with Gasteiger partial charge in [0, 0.05) is 21.8 Å². The number of aromatic nitrogens is 3. The normalized spacial score (nSPS) is 11.9. The maximum Gasteiger partial charge on any atom is 0.164 e. The van der Waals surface area contributed by atoms with Crippen LogP contribution in [0.1, 0.15) is 32.2 Å². The number of hydrogen-bond donors (Lipinski definition) is 0. The van der Waals surface area contributed by atoms with Crippen molar-refractivity contribution < 1.29 is 0 Å². The fourth-order valence-corrected chi connectivity index (χ4v) is 3.54. The maximum absolute atomic E-state index is 6.05. The van der Waals surface area contributed by atoms with E-state index >= 15 is 0 Å². The summed E-state index contributed by atoms with van der Waals surface area (Å²) in [6.45, 7) is 12.4. The van der Waals surface area contributed by atoms with Gasteiger partial charge in [-0.15, -0.1) is 18.3 Å². The predicted octanol–water partition coefficient (Wildman–Crippen LogP) is 5.93. The lowest BCUT2D eigenvalue weighted by molar-refractivity contribution is 0.563. The summed E-state index contributed by atoms with van der Waals surface area (Å²) in [4.78, 5) is 4.96. The quantitative estimate of drug-likeness (QED) is 0.323. The molecule has 0 saturated heterocycles. The molecule has 2 aromatic heterocycles. The van der Waals surface area contributed by atoms with E-state index in [1.165, 1.54) is 0 Å². The summed E-state index contributed by atoms with van der Waals surface area (Å²) in [7, 11) is 0. The Hall–Kier alpha value is -1.78. The van der Waals surface area contributed by atoms with Crippen LogP contribution in [0.15, 0.2) is 48.0 Å². The number of fused-ring (bicyclic) bond motifs is 1. The van der Waals surface area contributed by atoms with E-state index in [1.54, 1.807) is 11.8 Å². The summed E-state index contributed by atoms with van der Waals surface area (Å²) in [6.07, 6.45) is 1.91. The summed E-state index contributed by atoms with van der Waals surface area (Å²) in [5.41, 5.74) is 5.00. The fraction of sp³-hybridized carbons (Fsp3) is 0.300. The van der Waals surface area contributed by atoms with E-state index in [4.69, 9.17) is 21.7 Å². The highest BCUT2D eigenvalue weighted by atomic mass is 35.5. The van der Waals surface area contributed by atoms with Crippen LogP contribution in [0.3, 0.4) is 0 Å². The molecule has 0 aliphatic carbocycles. The summed E-state index contributed by atoms with van der Waals surface area (Å²) < 4.78 is 1.95. The van der Waals surface area contributed by atoms with Crippen molar-refractivity contribution in [1.29, 1.82) is 0 Å². The molecule has 3 rings (SSSR count). The van der Waals surface area contributed by atoms with Gasteiger partial charge in [0.25, 0.3) is 0 Å². The Labute approximate surface area is 158 Å². The first-order valence-electron chi connectivity index (χ1n) is 8.22. The van der Waals surface area contributed by atoms with Gasteiger partial charge < -0.3 is 0 Å². The minimum atomic E-state index is -0.0410. The molecule has 0 spiro atoms. The summed E-state index contributed by atoms with van der Waals surface area (Å²) in [5, 5.41) is 6.56. The van der Waals surface area contributed by atoms with Crippen LogP contribution in [0, 0.1) is 6.92 Å². The minimum absolute atomic E-state index is 0.0410. The number of thioether (sulfide) groups is 1. The molecule has 0 unspecified atom stereocenters. The second kappa shape index (κ2) is 6.85. The van der Waals surface area contributed by atoms with E-state index in [0.29, 0.717) is 0 Å². The lowest BCUT2D eigenvalue weighted by Crippen LogP contribution is -2.15. The molecule has 25 heavy (non-hydrogen) atoms. The Kier molecular flexibility index (Phi) is 4.94. The Bertz CT molecular complexity index is 921. The second-order valence-corrected chi connectivity index (χ2v) is 8.51. The molecule has 130 valence electrons. The van der Waals surface area contributed by atoms with E-state index in [9.17, 15) is 0 Å². The zero-order chi connectivity index (χ0) is 18.2. The SMILES string of the molecule is C=CCSc1cc(C(C)(C)C)nc2c(-c3ccc(Cl)cc3)c(C)nn12. The highest BCUT2D eigenvalue weighted by molar-refractivity contribution is 7.99. The molecular weight excluding hydrogens is 350 g/mol. The molecule has 0 bridgehead atoms. The maximum atomic E-state index is 6.05. The molecule has 0 N–H and O–H groups in total. The van der Waals surface area contributed by atoms with Gasteiger partial charge in [-0.05, 0) is 30.7 Å². The minimum Gasteiger partial charge on any atom is -0.232 e. The number of aryl methyl sites for hydroxylation is 1. The van der Waals surface area contributed by atoms with Crippen molar-refractivity contribution in [3.05, 3.63) is 59.4 Å². The van der Waals surface area contributed by atoms with Crippen molar-refractivity contribution in [2.45, 2.75) is 38.1 Å². The molecule has 3 aromatic rings. The van der Waals surface area contributed by atoms with Gasteiger partial charge in [-0.3, -0.25) is 0 Å². The molecule has 3 nitrogen and oxygen atoms in total. The molecule has 0 aliphatic rings. The van der Waals surface area contributed by atoms with Crippen LogP contribution in [0.25, 0.3) is 16.8 Å². The van der Waals surface area contributed by atoms with Gasteiger partial charge >= 0.3 is 0 Å². The van der Waals surface area contributed by atoms with E-state index in [0.717, 1.165) is 44.0 Å². The van der Waals surface area contributed by atoms with Crippen LogP contribution in [0.4, 0.5) is 0 Å². The van der Waals surface area contributed by atoms with Crippen molar-refractivity contribution >= 4 is 29.0 Å². The highest BCUT2D eigenvalue weighted by Crippen LogP contribution is 2.33. The molecule has 0 amide bonds. The van der Waals surface area contributed by atoms with Gasteiger partial charge in [-0.1, -0.05) is 50.6 Å². The lowest BCUT2D eigenvalue weighted by Gasteiger charge is -2.19. The summed E-state index contributed by atoms with van der Waals surface area (Å²) in [5.74, 6) is 0.831. The lowest BCUT2D eigenvalue weighted by atomic mass is 9.92. The van der Waals surface area contributed by atoms with Gasteiger partial charge in [0.1, 0.15) is 5.03 Å². The van der Waals surface area contributed by atoms with E-state index < -0.39 is 0 Å². The molecule has 0 fully saturated rings. The Morgan fingerprint density at radius 1 is 1.24 bits per heavy atom. The van der Waals surface area contributed by atoms with Crippen LogP contribution in [0.5, 0.6) is 0 Å². The van der Waals surface area contributed by atoms with Crippen molar-refractivity contribution in [3.8, 4) is 11.1 Å². The number of nitrogens with zero attached hydrogens (tertiary/aromatic N) is 3. The topological polar surface area (TPSA) is 30.2 Å². The second-order valence-electron chi connectivity index (χ2n) is 7.03. The standard InChI is InChI=1S/C20H22ClN3S/c1-6-11-25-17-12-16(20(3,4)5)22-19-18(13(2)23-24(17)19)14-7-9-15(21)10-8-14/h6-10,12H,1,11H2,2-5H3. The number of hydrogen-bond acceptors (Lipinski definition) is 3. The van der Waals surface area contributed by atoms with Crippen LogP contribution in [0.2, 0.25) is 5.02 Å². The summed E-state index contributed by atoms with van der Waals surface area (Å²) in [6, 6.07) is 9.99. The average Bonchev–Trinajstić information content (AvgIpc) is 2.88. The predicted molar refractivity (Wildman–Crippen MR) is 108 cm³/mol. The van der Waals surface area contributed by atoms with Crippen molar-refractivity contribution in [3.63, 3.8) is 0 Å².